The Balaban J connectivity index is 1.53. The molecule has 1 aliphatic carbocycles. The summed E-state index contributed by atoms with van der Waals surface area (Å²) in [5.74, 6) is 1.56. The number of hydrogen-bond acceptors (Lipinski definition) is 5. The van der Waals surface area contributed by atoms with Crippen molar-refractivity contribution >= 4 is 27.7 Å². The van der Waals surface area contributed by atoms with Crippen LogP contribution in [-0.2, 0) is 16.0 Å². The second-order valence-electron chi connectivity index (χ2n) is 9.62. The zero-order valence-electron chi connectivity index (χ0n) is 20.6. The van der Waals surface area contributed by atoms with Crippen LogP contribution in [0.3, 0.4) is 0 Å². The van der Waals surface area contributed by atoms with E-state index < -0.39 is 11.6 Å². The Morgan fingerprint density at radius 2 is 1.78 bits per heavy atom. The molecule has 5 rings (SSSR count). The van der Waals surface area contributed by atoms with Crippen molar-refractivity contribution in [3.63, 3.8) is 0 Å². The standard InChI is InChI=1S/C30H31BrN2O4/c31-26-10-5-4-9-24(26)19-30(29(35)32-20-21-11-12-21)27(22-7-2-1-3-8-22)37-28(33-30)23-13-15-25(16-14-23)36-18-6-17-34/h1-5,7-10,13-16,21,27,34H,6,11-12,17-20H2,(H,32,35)/t27-,30-/m1/s1. The molecule has 0 spiro atoms. The van der Waals surface area contributed by atoms with Gasteiger partial charge in [0.2, 0.25) is 5.90 Å². The topological polar surface area (TPSA) is 80.2 Å². The lowest BCUT2D eigenvalue weighted by molar-refractivity contribution is -0.129. The number of aliphatic imine (C=N–C) groups is 1. The summed E-state index contributed by atoms with van der Waals surface area (Å²) >= 11 is 3.67. The Labute approximate surface area is 225 Å². The van der Waals surface area contributed by atoms with Crippen molar-refractivity contribution in [1.82, 2.24) is 5.32 Å². The molecule has 2 aliphatic rings. The Hall–Kier alpha value is -3.16. The van der Waals surface area contributed by atoms with Crippen molar-refractivity contribution in [2.24, 2.45) is 10.9 Å². The van der Waals surface area contributed by atoms with E-state index >= 15 is 0 Å². The van der Waals surface area contributed by atoms with Crippen LogP contribution in [0.1, 0.15) is 42.1 Å². The van der Waals surface area contributed by atoms with E-state index in [0.717, 1.165) is 34.0 Å². The molecule has 1 aliphatic heterocycles. The zero-order chi connectivity index (χ0) is 25.7. The summed E-state index contributed by atoms with van der Waals surface area (Å²) < 4.78 is 13.2. The Morgan fingerprint density at radius 1 is 1.05 bits per heavy atom. The van der Waals surface area contributed by atoms with Crippen molar-refractivity contribution in [3.8, 4) is 5.75 Å². The van der Waals surface area contributed by atoms with Gasteiger partial charge in [-0.25, -0.2) is 4.99 Å². The molecular formula is C30H31BrN2O4. The van der Waals surface area contributed by atoms with Gasteiger partial charge in [-0.15, -0.1) is 0 Å². The van der Waals surface area contributed by atoms with Gasteiger partial charge in [-0.3, -0.25) is 4.79 Å². The first kappa shape index (κ1) is 25.5. The van der Waals surface area contributed by atoms with Gasteiger partial charge in [0.25, 0.3) is 5.91 Å². The first-order valence-corrected chi connectivity index (χ1v) is 13.6. The molecule has 0 unspecified atom stereocenters. The lowest BCUT2D eigenvalue weighted by atomic mass is 9.82. The van der Waals surface area contributed by atoms with Crippen LogP contribution in [0.5, 0.6) is 5.75 Å². The van der Waals surface area contributed by atoms with E-state index in [1.807, 2.05) is 78.9 Å². The smallest absolute Gasteiger partial charge is 0.252 e. The highest BCUT2D eigenvalue weighted by molar-refractivity contribution is 9.10. The molecule has 37 heavy (non-hydrogen) atoms. The minimum atomic E-state index is -1.17. The fourth-order valence-electron chi connectivity index (χ4n) is 4.55. The molecule has 3 aromatic carbocycles. The van der Waals surface area contributed by atoms with E-state index in [1.54, 1.807) is 0 Å². The summed E-state index contributed by atoms with van der Waals surface area (Å²) in [4.78, 5) is 19.1. The van der Waals surface area contributed by atoms with Crippen LogP contribution in [0.15, 0.2) is 88.3 Å². The maximum Gasteiger partial charge on any atom is 0.252 e. The molecule has 1 amide bonds. The lowest BCUT2D eigenvalue weighted by Gasteiger charge is -2.31. The highest BCUT2D eigenvalue weighted by atomic mass is 79.9. The predicted molar refractivity (Wildman–Crippen MR) is 147 cm³/mol. The molecule has 192 valence electrons. The number of nitrogens with one attached hydrogen (secondary N) is 1. The van der Waals surface area contributed by atoms with E-state index in [9.17, 15) is 4.79 Å². The number of ether oxygens (including phenoxy) is 2. The van der Waals surface area contributed by atoms with Gasteiger partial charge in [0.15, 0.2) is 11.6 Å². The fourth-order valence-corrected chi connectivity index (χ4v) is 4.98. The normalized spacial score (nSPS) is 20.7. The Morgan fingerprint density at radius 3 is 2.49 bits per heavy atom. The molecule has 0 bridgehead atoms. The quantitative estimate of drug-likeness (QED) is 0.313. The molecule has 0 aromatic heterocycles. The molecule has 0 radical (unpaired) electrons. The first-order chi connectivity index (χ1) is 18.1. The van der Waals surface area contributed by atoms with Crippen molar-refractivity contribution in [3.05, 3.63) is 100 Å². The lowest BCUT2D eigenvalue weighted by Crippen LogP contribution is -2.50. The molecule has 1 fully saturated rings. The number of benzene rings is 3. The predicted octanol–water partition coefficient (Wildman–Crippen LogP) is 5.24. The summed E-state index contributed by atoms with van der Waals surface area (Å²) in [6, 6.07) is 25.3. The van der Waals surface area contributed by atoms with Crippen LogP contribution in [0.25, 0.3) is 0 Å². The van der Waals surface area contributed by atoms with Gasteiger partial charge in [0.1, 0.15) is 5.75 Å². The van der Waals surface area contributed by atoms with Gasteiger partial charge in [0.05, 0.1) is 6.61 Å². The van der Waals surface area contributed by atoms with Crippen LogP contribution >= 0.6 is 15.9 Å². The van der Waals surface area contributed by atoms with Crippen LogP contribution in [0, 0.1) is 5.92 Å². The van der Waals surface area contributed by atoms with Crippen molar-refractivity contribution in [2.75, 3.05) is 19.8 Å². The Bertz CT molecular complexity index is 1240. The van der Waals surface area contributed by atoms with E-state index in [4.69, 9.17) is 19.6 Å². The third-order valence-electron chi connectivity index (χ3n) is 6.80. The largest absolute Gasteiger partial charge is 0.494 e. The number of aliphatic hydroxyl groups excluding tert-OH is 1. The average molecular weight is 563 g/mol. The highest BCUT2D eigenvalue weighted by Gasteiger charge is 2.53. The van der Waals surface area contributed by atoms with E-state index in [0.29, 0.717) is 43.6 Å². The summed E-state index contributed by atoms with van der Waals surface area (Å²) in [5, 5.41) is 12.2. The van der Waals surface area contributed by atoms with Gasteiger partial charge in [-0.1, -0.05) is 64.5 Å². The summed E-state index contributed by atoms with van der Waals surface area (Å²) in [6.07, 6.45) is 2.67. The van der Waals surface area contributed by atoms with Gasteiger partial charge in [-0.2, -0.15) is 0 Å². The monoisotopic (exact) mass is 562 g/mol. The minimum absolute atomic E-state index is 0.0893. The van der Waals surface area contributed by atoms with E-state index in [1.165, 1.54) is 0 Å². The SMILES string of the molecule is O=C(NCC1CC1)[C@]1(Cc2ccccc2Br)N=C(c2ccc(OCCCO)cc2)O[C@@H]1c1ccccc1. The van der Waals surface area contributed by atoms with Crippen molar-refractivity contribution in [2.45, 2.75) is 37.3 Å². The van der Waals surface area contributed by atoms with E-state index in [-0.39, 0.29) is 12.5 Å². The second-order valence-corrected chi connectivity index (χ2v) is 10.5. The molecule has 6 nitrogen and oxygen atoms in total. The van der Waals surface area contributed by atoms with E-state index in [2.05, 4.69) is 21.2 Å². The number of amides is 1. The molecular weight excluding hydrogens is 532 g/mol. The highest BCUT2D eigenvalue weighted by Crippen LogP contribution is 2.43. The van der Waals surface area contributed by atoms with Crippen LogP contribution < -0.4 is 10.1 Å². The zero-order valence-corrected chi connectivity index (χ0v) is 22.2. The fraction of sp³-hybridized carbons (Fsp3) is 0.333. The third kappa shape index (κ3) is 5.89. The molecule has 0 saturated heterocycles. The molecule has 2 N–H and O–H groups in total. The number of carbonyl (C=O) groups is 1. The van der Waals surface area contributed by atoms with Crippen LogP contribution in [0.2, 0.25) is 0 Å². The first-order valence-electron chi connectivity index (χ1n) is 12.8. The van der Waals surface area contributed by atoms with Crippen LogP contribution in [-0.4, -0.2) is 42.2 Å². The molecule has 1 heterocycles. The number of nitrogens with zero attached hydrogens (tertiary/aromatic N) is 1. The second kappa shape index (κ2) is 11.5. The molecule has 2 atom stereocenters. The molecule has 1 saturated carbocycles. The minimum Gasteiger partial charge on any atom is -0.494 e. The van der Waals surface area contributed by atoms with Gasteiger partial charge in [-0.05, 0) is 60.2 Å². The van der Waals surface area contributed by atoms with Crippen molar-refractivity contribution in [1.29, 1.82) is 0 Å². The number of hydrogen-bond donors (Lipinski definition) is 2. The third-order valence-corrected chi connectivity index (χ3v) is 7.57. The summed E-state index contributed by atoms with van der Waals surface area (Å²) in [7, 11) is 0. The number of carbonyl (C=O) groups excluding carboxylic acids is 1. The molecule has 3 aromatic rings. The maximum atomic E-state index is 14.0. The van der Waals surface area contributed by atoms with Gasteiger partial charge < -0.3 is 19.9 Å². The van der Waals surface area contributed by atoms with Gasteiger partial charge >= 0.3 is 0 Å². The number of halogens is 1. The summed E-state index contributed by atoms with van der Waals surface area (Å²) in [5.41, 5.74) is 1.50. The number of aliphatic hydroxyl groups is 1. The average Bonchev–Trinajstić information content (AvgIpc) is 3.68. The Kier molecular flexibility index (Phi) is 7.91. The maximum absolute atomic E-state index is 14.0. The number of rotatable bonds is 11. The summed E-state index contributed by atoms with van der Waals surface area (Å²) in [6.45, 7) is 1.19. The van der Waals surface area contributed by atoms with Crippen LogP contribution in [0.4, 0.5) is 0 Å². The van der Waals surface area contributed by atoms with Crippen molar-refractivity contribution < 1.29 is 19.4 Å². The molecule has 7 heteroatoms. The van der Waals surface area contributed by atoms with Gasteiger partial charge in [0, 0.05) is 36.0 Å².